The third kappa shape index (κ3) is 4.74. The first-order valence-electron chi connectivity index (χ1n) is 6.65. The lowest BCUT2D eigenvalue weighted by molar-refractivity contribution is 0.296. The topological polar surface area (TPSA) is 15.3 Å². The summed E-state index contributed by atoms with van der Waals surface area (Å²) in [6, 6.07) is 5.14. The van der Waals surface area contributed by atoms with Gasteiger partial charge < -0.3 is 10.2 Å². The third-order valence-electron chi connectivity index (χ3n) is 3.41. The molecule has 1 aliphatic heterocycles. The van der Waals surface area contributed by atoms with Crippen molar-refractivity contribution in [1.29, 1.82) is 0 Å². The van der Waals surface area contributed by atoms with Gasteiger partial charge in [0.1, 0.15) is 5.82 Å². The van der Waals surface area contributed by atoms with Crippen LogP contribution in [-0.4, -0.2) is 42.6 Å². The van der Waals surface area contributed by atoms with Gasteiger partial charge in [-0.1, -0.05) is 15.9 Å². The Morgan fingerprint density at radius 2 is 2.16 bits per heavy atom. The van der Waals surface area contributed by atoms with Crippen molar-refractivity contribution in [2.24, 2.45) is 0 Å². The molecule has 1 aromatic carbocycles. The van der Waals surface area contributed by atoms with E-state index in [0.29, 0.717) is 0 Å². The molecule has 0 saturated carbocycles. The molecule has 0 bridgehead atoms. The predicted octanol–water partition coefficient (Wildman–Crippen LogP) is 3.29. The fourth-order valence-corrected chi connectivity index (χ4v) is 3.58. The molecule has 0 aromatic heterocycles. The molecule has 1 unspecified atom stereocenters. The highest BCUT2D eigenvalue weighted by atomic mass is 79.9. The molecular weight excluding hydrogens is 327 g/mol. The molecule has 1 saturated heterocycles. The first kappa shape index (κ1) is 15.3. The van der Waals surface area contributed by atoms with E-state index in [2.05, 4.69) is 26.1 Å². The van der Waals surface area contributed by atoms with E-state index >= 15 is 0 Å². The third-order valence-corrected chi connectivity index (χ3v) is 4.84. The molecule has 1 heterocycles. The first-order valence-corrected chi connectivity index (χ1v) is 8.60. The molecule has 0 aliphatic carbocycles. The Bertz CT molecular complexity index is 410. The maximum atomic E-state index is 13.7. The molecular formula is C14H20BrFN2S. The zero-order chi connectivity index (χ0) is 13.7. The van der Waals surface area contributed by atoms with E-state index in [9.17, 15) is 4.39 Å². The van der Waals surface area contributed by atoms with Crippen LogP contribution in [0.4, 0.5) is 4.39 Å². The molecule has 0 spiro atoms. The second-order valence-electron chi connectivity index (χ2n) is 4.80. The largest absolute Gasteiger partial charge is 0.309 e. The maximum Gasteiger partial charge on any atom is 0.128 e. The van der Waals surface area contributed by atoms with E-state index in [1.807, 2.05) is 24.8 Å². The fraction of sp³-hybridized carbons (Fsp3) is 0.571. The molecule has 1 fully saturated rings. The van der Waals surface area contributed by atoms with Crippen LogP contribution in [0.25, 0.3) is 0 Å². The van der Waals surface area contributed by atoms with Crippen molar-refractivity contribution in [3.8, 4) is 0 Å². The van der Waals surface area contributed by atoms with E-state index in [0.717, 1.165) is 23.1 Å². The van der Waals surface area contributed by atoms with Gasteiger partial charge in [0.05, 0.1) is 0 Å². The number of halogens is 2. The van der Waals surface area contributed by atoms with Crippen molar-refractivity contribution in [2.45, 2.75) is 13.0 Å². The van der Waals surface area contributed by atoms with Crippen molar-refractivity contribution in [2.75, 3.05) is 37.7 Å². The molecule has 106 valence electrons. The standard InChI is InChI=1S/C14H20BrFN2S/c1-11(13-10-12(15)2-3-14(13)16)17-4-5-18-6-8-19-9-7-18/h2-3,10-11,17H,4-9H2,1H3. The molecule has 19 heavy (non-hydrogen) atoms. The molecule has 1 atom stereocenters. The summed E-state index contributed by atoms with van der Waals surface area (Å²) >= 11 is 5.41. The van der Waals surface area contributed by atoms with Crippen LogP contribution in [-0.2, 0) is 0 Å². The Hall–Kier alpha value is -0.100. The van der Waals surface area contributed by atoms with Crippen LogP contribution in [0.5, 0.6) is 0 Å². The van der Waals surface area contributed by atoms with E-state index in [1.165, 1.54) is 30.7 Å². The number of thioether (sulfide) groups is 1. The van der Waals surface area contributed by atoms with Crippen molar-refractivity contribution < 1.29 is 4.39 Å². The van der Waals surface area contributed by atoms with E-state index in [4.69, 9.17) is 0 Å². The van der Waals surface area contributed by atoms with Crippen LogP contribution in [0.2, 0.25) is 0 Å². The van der Waals surface area contributed by atoms with Crippen LogP contribution in [0.1, 0.15) is 18.5 Å². The lowest BCUT2D eigenvalue weighted by Gasteiger charge is -2.27. The fourth-order valence-electron chi connectivity index (χ4n) is 2.22. The smallest absolute Gasteiger partial charge is 0.128 e. The van der Waals surface area contributed by atoms with E-state index < -0.39 is 0 Å². The van der Waals surface area contributed by atoms with E-state index in [-0.39, 0.29) is 11.9 Å². The molecule has 5 heteroatoms. The summed E-state index contributed by atoms with van der Waals surface area (Å²) in [6.07, 6.45) is 0. The summed E-state index contributed by atoms with van der Waals surface area (Å²) < 4.78 is 14.6. The highest BCUT2D eigenvalue weighted by molar-refractivity contribution is 9.10. The van der Waals surface area contributed by atoms with Gasteiger partial charge in [-0.15, -0.1) is 0 Å². The Labute approximate surface area is 127 Å². The molecule has 1 aliphatic rings. The second-order valence-corrected chi connectivity index (χ2v) is 6.94. The maximum absolute atomic E-state index is 13.7. The summed E-state index contributed by atoms with van der Waals surface area (Å²) in [4.78, 5) is 2.47. The Kier molecular flexibility index (Phi) is 6.13. The van der Waals surface area contributed by atoms with Gasteiger partial charge in [0.2, 0.25) is 0 Å². The van der Waals surface area contributed by atoms with Crippen LogP contribution in [0.15, 0.2) is 22.7 Å². The van der Waals surface area contributed by atoms with Gasteiger partial charge in [-0.25, -0.2) is 4.39 Å². The summed E-state index contributed by atoms with van der Waals surface area (Å²) in [5.74, 6) is 2.32. The van der Waals surface area contributed by atoms with Crippen LogP contribution in [0.3, 0.4) is 0 Å². The zero-order valence-corrected chi connectivity index (χ0v) is 13.6. The minimum Gasteiger partial charge on any atom is -0.309 e. The van der Waals surface area contributed by atoms with Gasteiger partial charge in [-0.3, -0.25) is 0 Å². The highest BCUT2D eigenvalue weighted by Crippen LogP contribution is 2.21. The number of rotatable bonds is 5. The number of hydrogen-bond acceptors (Lipinski definition) is 3. The Balaban J connectivity index is 1.80. The number of benzene rings is 1. The summed E-state index contributed by atoms with van der Waals surface area (Å²) in [7, 11) is 0. The molecule has 1 N–H and O–H groups in total. The van der Waals surface area contributed by atoms with Gasteiger partial charge in [0, 0.05) is 53.8 Å². The van der Waals surface area contributed by atoms with Gasteiger partial charge >= 0.3 is 0 Å². The van der Waals surface area contributed by atoms with Crippen molar-refractivity contribution in [1.82, 2.24) is 10.2 Å². The van der Waals surface area contributed by atoms with Crippen LogP contribution in [0, 0.1) is 5.82 Å². The average Bonchev–Trinajstić information content (AvgIpc) is 2.42. The first-order chi connectivity index (χ1) is 9.16. The second kappa shape index (κ2) is 7.62. The van der Waals surface area contributed by atoms with Crippen molar-refractivity contribution in [3.05, 3.63) is 34.1 Å². The predicted molar refractivity (Wildman–Crippen MR) is 84.3 cm³/mol. The lowest BCUT2D eigenvalue weighted by atomic mass is 10.1. The summed E-state index contributed by atoms with van der Waals surface area (Å²) in [6.45, 7) is 6.30. The Morgan fingerprint density at radius 1 is 1.42 bits per heavy atom. The number of nitrogens with one attached hydrogen (secondary N) is 1. The minimum atomic E-state index is -0.141. The lowest BCUT2D eigenvalue weighted by Crippen LogP contribution is -2.38. The SMILES string of the molecule is CC(NCCN1CCSCC1)c1cc(Br)ccc1F. The quantitative estimate of drug-likeness (QED) is 0.880. The van der Waals surface area contributed by atoms with Gasteiger partial charge in [0.15, 0.2) is 0 Å². The van der Waals surface area contributed by atoms with E-state index in [1.54, 1.807) is 6.07 Å². The van der Waals surface area contributed by atoms with Gasteiger partial charge in [0.25, 0.3) is 0 Å². The monoisotopic (exact) mass is 346 g/mol. The van der Waals surface area contributed by atoms with Crippen LogP contribution < -0.4 is 5.32 Å². The van der Waals surface area contributed by atoms with Crippen molar-refractivity contribution >= 4 is 27.7 Å². The molecule has 2 rings (SSSR count). The molecule has 0 amide bonds. The molecule has 2 nitrogen and oxygen atoms in total. The molecule has 1 aromatic rings. The minimum absolute atomic E-state index is 0.0386. The Morgan fingerprint density at radius 3 is 2.89 bits per heavy atom. The van der Waals surface area contributed by atoms with Gasteiger partial charge in [-0.05, 0) is 25.1 Å². The normalized spacial score (nSPS) is 18.5. The zero-order valence-electron chi connectivity index (χ0n) is 11.2. The van der Waals surface area contributed by atoms with Crippen molar-refractivity contribution in [3.63, 3.8) is 0 Å². The average molecular weight is 347 g/mol. The highest BCUT2D eigenvalue weighted by Gasteiger charge is 2.13. The summed E-state index contributed by atoms with van der Waals surface area (Å²) in [5, 5.41) is 3.40. The molecule has 0 radical (unpaired) electrons. The number of hydrogen-bond donors (Lipinski definition) is 1. The number of nitrogens with zero attached hydrogens (tertiary/aromatic N) is 1. The van der Waals surface area contributed by atoms with Gasteiger partial charge in [-0.2, -0.15) is 11.8 Å². The summed E-state index contributed by atoms with van der Waals surface area (Å²) in [5.41, 5.74) is 0.726. The van der Waals surface area contributed by atoms with Crippen LogP contribution >= 0.6 is 27.7 Å².